The van der Waals surface area contributed by atoms with Crippen LogP contribution < -0.4 is 10.3 Å². The average Bonchev–Trinajstić information content (AvgIpc) is 2.45. The fraction of sp³-hybridized carbons (Fsp3) is 0.267. The largest absolute Gasteiger partial charge is 0.494 e. The van der Waals surface area contributed by atoms with Crippen LogP contribution in [0.25, 0.3) is 11.3 Å². The molecule has 5 nitrogen and oxygen atoms in total. The molecule has 0 saturated heterocycles. The molecule has 0 amide bonds. The molecule has 0 aliphatic carbocycles. The number of aromatic amines is 1. The van der Waals surface area contributed by atoms with Crippen LogP contribution >= 0.6 is 0 Å². The van der Waals surface area contributed by atoms with Crippen molar-refractivity contribution in [2.75, 3.05) is 6.61 Å². The van der Waals surface area contributed by atoms with Gasteiger partial charge in [-0.05, 0) is 31.5 Å². The molecule has 104 valence electrons. The molecule has 2 aromatic rings. The van der Waals surface area contributed by atoms with Gasteiger partial charge in [0.2, 0.25) is 0 Å². The van der Waals surface area contributed by atoms with Gasteiger partial charge in [-0.1, -0.05) is 19.1 Å². The Morgan fingerprint density at radius 3 is 2.85 bits per heavy atom. The van der Waals surface area contributed by atoms with Gasteiger partial charge in [0.05, 0.1) is 17.9 Å². The Kier molecular flexibility index (Phi) is 4.30. The van der Waals surface area contributed by atoms with E-state index >= 15 is 0 Å². The van der Waals surface area contributed by atoms with Crippen molar-refractivity contribution in [3.8, 4) is 17.0 Å². The number of aromatic nitrogens is 2. The predicted molar refractivity (Wildman–Crippen MR) is 76.1 cm³/mol. The summed E-state index contributed by atoms with van der Waals surface area (Å²) in [6.07, 6.45) is 0.926. The number of H-pyrrole nitrogens is 1. The van der Waals surface area contributed by atoms with Crippen LogP contribution in [0.1, 0.15) is 30.6 Å². The minimum absolute atomic E-state index is 0.106. The molecule has 1 aromatic carbocycles. The van der Waals surface area contributed by atoms with E-state index in [1.807, 2.05) is 31.2 Å². The molecule has 0 spiro atoms. The summed E-state index contributed by atoms with van der Waals surface area (Å²) in [5, 5.41) is 6.31. The first kappa shape index (κ1) is 14.0. The smallest absolute Gasteiger partial charge is 0.275 e. The summed E-state index contributed by atoms with van der Waals surface area (Å²) in [6, 6.07) is 8.89. The van der Waals surface area contributed by atoms with Crippen LogP contribution in [0.5, 0.6) is 5.75 Å². The summed E-state index contributed by atoms with van der Waals surface area (Å²) in [7, 11) is 0. The van der Waals surface area contributed by atoms with Crippen molar-refractivity contribution >= 4 is 5.78 Å². The van der Waals surface area contributed by atoms with E-state index in [4.69, 9.17) is 4.74 Å². The molecule has 0 fully saturated rings. The zero-order valence-corrected chi connectivity index (χ0v) is 11.5. The normalized spacial score (nSPS) is 10.3. The van der Waals surface area contributed by atoms with Crippen molar-refractivity contribution in [1.82, 2.24) is 10.2 Å². The highest BCUT2D eigenvalue weighted by Crippen LogP contribution is 2.22. The molecule has 1 aromatic heterocycles. The summed E-state index contributed by atoms with van der Waals surface area (Å²) >= 11 is 0. The zero-order valence-electron chi connectivity index (χ0n) is 11.5. The van der Waals surface area contributed by atoms with Gasteiger partial charge in [0.15, 0.2) is 5.78 Å². The Balaban J connectivity index is 2.38. The quantitative estimate of drug-likeness (QED) is 0.848. The SMILES string of the molecule is CCCOc1cccc(-c2cc(C(C)=O)c(=O)[nH]n2)c1. The standard InChI is InChI=1S/C15H16N2O3/c1-3-7-20-12-6-4-5-11(8-12)14-9-13(10(2)18)15(19)17-16-14/h4-6,8-9H,3,7H2,1-2H3,(H,17,19). The topological polar surface area (TPSA) is 72.1 Å². The number of Topliss-reactive ketones (excluding diaryl/α,β-unsaturated/α-hetero) is 1. The number of hydrogen-bond acceptors (Lipinski definition) is 4. The van der Waals surface area contributed by atoms with E-state index in [-0.39, 0.29) is 11.3 Å². The summed E-state index contributed by atoms with van der Waals surface area (Å²) in [5.41, 5.74) is 0.962. The van der Waals surface area contributed by atoms with E-state index in [0.29, 0.717) is 12.3 Å². The Hall–Kier alpha value is -2.43. The van der Waals surface area contributed by atoms with Crippen molar-refractivity contribution in [2.24, 2.45) is 0 Å². The molecule has 0 bridgehead atoms. The summed E-state index contributed by atoms with van der Waals surface area (Å²) in [4.78, 5) is 22.9. The lowest BCUT2D eigenvalue weighted by atomic mass is 10.1. The highest BCUT2D eigenvalue weighted by Gasteiger charge is 2.09. The van der Waals surface area contributed by atoms with Gasteiger partial charge >= 0.3 is 0 Å². The number of carbonyl (C=O) groups excluding carboxylic acids is 1. The number of rotatable bonds is 5. The molecule has 0 unspecified atom stereocenters. The van der Waals surface area contributed by atoms with Gasteiger partial charge in [-0.2, -0.15) is 5.10 Å². The monoisotopic (exact) mass is 272 g/mol. The van der Waals surface area contributed by atoms with Crippen molar-refractivity contribution in [1.29, 1.82) is 0 Å². The van der Waals surface area contributed by atoms with Crippen LogP contribution in [0, 0.1) is 0 Å². The van der Waals surface area contributed by atoms with E-state index < -0.39 is 5.56 Å². The lowest BCUT2D eigenvalue weighted by Gasteiger charge is -2.07. The molecule has 0 aliphatic rings. The zero-order chi connectivity index (χ0) is 14.5. The number of ketones is 1. The Morgan fingerprint density at radius 1 is 1.35 bits per heavy atom. The summed E-state index contributed by atoms with van der Waals surface area (Å²) < 4.78 is 5.55. The molecular weight excluding hydrogens is 256 g/mol. The number of carbonyl (C=O) groups is 1. The Labute approximate surface area is 116 Å². The first-order valence-electron chi connectivity index (χ1n) is 6.45. The molecule has 0 saturated carbocycles. The molecule has 5 heteroatoms. The van der Waals surface area contributed by atoms with Gasteiger partial charge in [-0.3, -0.25) is 9.59 Å². The van der Waals surface area contributed by atoms with E-state index in [1.54, 1.807) is 0 Å². The predicted octanol–water partition coefficient (Wildman–Crippen LogP) is 2.43. The van der Waals surface area contributed by atoms with E-state index in [2.05, 4.69) is 10.2 Å². The van der Waals surface area contributed by atoms with Gasteiger partial charge in [0.1, 0.15) is 5.75 Å². The van der Waals surface area contributed by atoms with Crippen LogP contribution in [0.2, 0.25) is 0 Å². The first-order valence-corrected chi connectivity index (χ1v) is 6.45. The average molecular weight is 272 g/mol. The number of hydrogen-bond donors (Lipinski definition) is 1. The number of nitrogens with zero attached hydrogens (tertiary/aromatic N) is 1. The first-order chi connectivity index (χ1) is 9.61. The van der Waals surface area contributed by atoms with Gasteiger partial charge in [-0.15, -0.1) is 0 Å². The second kappa shape index (κ2) is 6.14. The molecule has 2 rings (SSSR count). The molecule has 0 aliphatic heterocycles. The van der Waals surface area contributed by atoms with Gasteiger partial charge in [0.25, 0.3) is 5.56 Å². The number of benzene rings is 1. The van der Waals surface area contributed by atoms with Gasteiger partial charge < -0.3 is 4.74 Å². The molecule has 1 heterocycles. The van der Waals surface area contributed by atoms with Crippen LogP contribution in [0.15, 0.2) is 35.1 Å². The highest BCUT2D eigenvalue weighted by atomic mass is 16.5. The summed E-state index contributed by atoms with van der Waals surface area (Å²) in [5.74, 6) is 0.454. The van der Waals surface area contributed by atoms with Crippen LogP contribution in [-0.2, 0) is 0 Å². The van der Waals surface area contributed by atoms with Gasteiger partial charge in [0, 0.05) is 5.56 Å². The molecule has 20 heavy (non-hydrogen) atoms. The fourth-order valence-corrected chi connectivity index (χ4v) is 1.78. The minimum atomic E-state index is -0.473. The van der Waals surface area contributed by atoms with Crippen molar-refractivity contribution in [2.45, 2.75) is 20.3 Å². The Morgan fingerprint density at radius 2 is 2.15 bits per heavy atom. The lowest BCUT2D eigenvalue weighted by molar-refractivity contribution is 0.101. The number of nitrogens with one attached hydrogen (secondary N) is 1. The molecule has 0 radical (unpaired) electrons. The highest BCUT2D eigenvalue weighted by molar-refractivity contribution is 5.94. The fourth-order valence-electron chi connectivity index (χ4n) is 1.78. The van der Waals surface area contributed by atoms with Gasteiger partial charge in [-0.25, -0.2) is 5.10 Å². The van der Waals surface area contributed by atoms with Crippen molar-refractivity contribution in [3.63, 3.8) is 0 Å². The van der Waals surface area contributed by atoms with Crippen LogP contribution in [0.3, 0.4) is 0 Å². The maximum absolute atomic E-state index is 11.5. The minimum Gasteiger partial charge on any atom is -0.494 e. The maximum atomic E-state index is 11.5. The second-order valence-electron chi connectivity index (χ2n) is 4.43. The van der Waals surface area contributed by atoms with E-state index in [9.17, 15) is 9.59 Å². The lowest BCUT2D eigenvalue weighted by Crippen LogP contribution is -2.17. The van der Waals surface area contributed by atoms with Crippen molar-refractivity contribution < 1.29 is 9.53 Å². The maximum Gasteiger partial charge on any atom is 0.275 e. The number of ether oxygens (including phenoxy) is 1. The molecule has 0 atom stereocenters. The molecular formula is C15H16N2O3. The third-order valence-corrected chi connectivity index (χ3v) is 2.79. The summed E-state index contributed by atoms with van der Waals surface area (Å²) in [6.45, 7) is 4.03. The molecule has 1 N–H and O–H groups in total. The Bertz CT molecular complexity index is 677. The third-order valence-electron chi connectivity index (χ3n) is 2.79. The second-order valence-corrected chi connectivity index (χ2v) is 4.43. The van der Waals surface area contributed by atoms with Crippen molar-refractivity contribution in [3.05, 3.63) is 46.2 Å². The van der Waals surface area contributed by atoms with E-state index in [0.717, 1.165) is 17.7 Å². The van der Waals surface area contributed by atoms with E-state index in [1.165, 1.54) is 13.0 Å². The van der Waals surface area contributed by atoms with Crippen LogP contribution in [0.4, 0.5) is 0 Å². The van der Waals surface area contributed by atoms with Crippen LogP contribution in [-0.4, -0.2) is 22.6 Å². The third kappa shape index (κ3) is 3.12.